The molecular formula is C32H41FN6O7. The van der Waals surface area contributed by atoms with Crippen LogP contribution in [0.4, 0.5) is 4.39 Å². The van der Waals surface area contributed by atoms with Gasteiger partial charge in [-0.2, -0.15) is 0 Å². The number of aliphatic hydroxyl groups excluding tert-OH is 2. The minimum atomic E-state index is -1.48. The number of rotatable bonds is 8. The van der Waals surface area contributed by atoms with Crippen LogP contribution in [-0.4, -0.2) is 63.0 Å². The number of nitrogens with two attached hydrogens (primary N) is 3. The van der Waals surface area contributed by atoms with E-state index in [2.05, 4.69) is 0 Å². The van der Waals surface area contributed by atoms with Crippen LogP contribution in [-0.2, 0) is 45.1 Å². The Balaban J connectivity index is 0.000000242. The summed E-state index contributed by atoms with van der Waals surface area (Å²) in [6.45, 7) is 6.80. The molecule has 1 aliphatic carbocycles. The van der Waals surface area contributed by atoms with Crippen molar-refractivity contribution in [3.05, 3.63) is 73.6 Å². The summed E-state index contributed by atoms with van der Waals surface area (Å²) < 4.78 is 26.1. The first-order valence-electron chi connectivity index (χ1n) is 15.2. The van der Waals surface area contributed by atoms with E-state index in [0.717, 1.165) is 41.3 Å². The van der Waals surface area contributed by atoms with E-state index in [-0.39, 0.29) is 43.2 Å². The highest BCUT2D eigenvalue weighted by Gasteiger charge is 2.35. The molecule has 46 heavy (non-hydrogen) atoms. The molecule has 0 spiro atoms. The van der Waals surface area contributed by atoms with Crippen molar-refractivity contribution in [3.63, 3.8) is 0 Å². The first kappa shape index (κ1) is 34.5. The van der Waals surface area contributed by atoms with Gasteiger partial charge in [-0.05, 0) is 48.9 Å². The predicted molar refractivity (Wildman–Crippen MR) is 168 cm³/mol. The molecule has 248 valence electrons. The number of fused-ring (bicyclic) bond motifs is 5. The highest BCUT2D eigenvalue weighted by molar-refractivity contribution is 5.92. The largest absolute Gasteiger partial charge is 0.458 e. The number of carbonyl (C=O) groups excluding carboxylic acids is 2. The summed E-state index contributed by atoms with van der Waals surface area (Å²) in [5.41, 5.74) is 16.4. The van der Waals surface area contributed by atoms with Gasteiger partial charge in [0.1, 0.15) is 12.4 Å². The second kappa shape index (κ2) is 14.8. The van der Waals surface area contributed by atoms with Crippen LogP contribution in [0.3, 0.4) is 0 Å². The molecule has 6 rings (SSSR count). The van der Waals surface area contributed by atoms with E-state index in [1.54, 1.807) is 17.6 Å². The third-order valence-corrected chi connectivity index (χ3v) is 8.23. The van der Waals surface area contributed by atoms with Gasteiger partial charge in [-0.25, -0.2) is 20.0 Å². The molecule has 3 aromatic rings. The summed E-state index contributed by atoms with van der Waals surface area (Å²) in [4.78, 5) is 39.9. The fraction of sp³-hybridized carbons (Fsp3) is 0.438. The van der Waals surface area contributed by atoms with Gasteiger partial charge in [0.15, 0.2) is 6.10 Å². The molecule has 2 aliphatic heterocycles. The molecule has 1 amide bonds. The molecule has 0 saturated heterocycles. The average Bonchev–Trinajstić information content (AvgIpc) is 3.42. The molecule has 14 heteroatoms. The third kappa shape index (κ3) is 6.60. The number of hydrogen-bond donors (Lipinski definition) is 5. The van der Waals surface area contributed by atoms with Crippen molar-refractivity contribution in [1.29, 1.82) is 0 Å². The summed E-state index contributed by atoms with van der Waals surface area (Å²) in [5.74, 6) is 4.10. The normalized spacial score (nSPS) is 15.8. The van der Waals surface area contributed by atoms with Crippen LogP contribution in [0.2, 0.25) is 0 Å². The van der Waals surface area contributed by atoms with Crippen LogP contribution in [0.5, 0.6) is 0 Å². The predicted octanol–water partition coefficient (Wildman–Crippen LogP) is 1.32. The molecule has 13 nitrogen and oxygen atoms in total. The average molecular weight is 641 g/mol. The Bertz CT molecular complexity index is 1740. The van der Waals surface area contributed by atoms with E-state index >= 15 is 0 Å². The Morgan fingerprint density at radius 1 is 1.20 bits per heavy atom. The maximum absolute atomic E-state index is 14.5. The number of aryl methyl sites for hydroxylation is 2. The zero-order valence-corrected chi connectivity index (χ0v) is 26.3. The van der Waals surface area contributed by atoms with Crippen molar-refractivity contribution < 1.29 is 33.7 Å². The number of hydrogen-bond acceptors (Lipinski definition) is 11. The molecule has 0 radical (unpaired) electrons. The van der Waals surface area contributed by atoms with E-state index in [9.17, 15) is 23.9 Å². The van der Waals surface area contributed by atoms with Crippen LogP contribution in [0.25, 0.3) is 22.3 Å². The van der Waals surface area contributed by atoms with Gasteiger partial charge < -0.3 is 40.7 Å². The highest BCUT2D eigenvalue weighted by Crippen LogP contribution is 2.42. The minimum absolute atomic E-state index is 0.141. The summed E-state index contributed by atoms with van der Waals surface area (Å²) in [6, 6.07) is 3.13. The number of carbonyl (C=O) groups is 2. The number of aromatic nitrogens is 2. The molecule has 3 aliphatic rings. The van der Waals surface area contributed by atoms with Crippen LogP contribution in [0.15, 0.2) is 28.8 Å². The topological polar surface area (TPSA) is 209 Å². The van der Waals surface area contributed by atoms with Crippen LogP contribution >= 0.6 is 0 Å². The summed E-state index contributed by atoms with van der Waals surface area (Å²) >= 11 is 0. The lowest BCUT2D eigenvalue weighted by atomic mass is 9.85. The van der Waals surface area contributed by atoms with Crippen molar-refractivity contribution in [2.45, 2.75) is 65.7 Å². The van der Waals surface area contributed by atoms with E-state index in [0.29, 0.717) is 53.4 Å². The van der Waals surface area contributed by atoms with Crippen LogP contribution in [0, 0.1) is 12.7 Å². The molecular weight excluding hydrogens is 599 g/mol. The molecule has 2 aromatic heterocycles. The number of esters is 1. The SMILES string of the molecule is CC.Cc1c(F)cc2nc3c(c4c2c1CCC4)Cn1c-3cc2c(c1=O)COC(=O)C2O.N/C=C(/CO)N(N)CCOCCC(N)=O. The van der Waals surface area contributed by atoms with E-state index in [1.807, 2.05) is 13.8 Å². The lowest BCUT2D eigenvalue weighted by Gasteiger charge is -2.22. The fourth-order valence-electron chi connectivity index (χ4n) is 5.88. The van der Waals surface area contributed by atoms with Gasteiger partial charge in [-0.15, -0.1) is 0 Å². The Hall–Kier alpha value is -4.37. The number of halogens is 1. The van der Waals surface area contributed by atoms with E-state index < -0.39 is 18.0 Å². The Morgan fingerprint density at radius 2 is 1.91 bits per heavy atom. The zero-order valence-electron chi connectivity index (χ0n) is 26.3. The van der Waals surface area contributed by atoms with Crippen LogP contribution < -0.4 is 22.9 Å². The number of benzene rings is 1. The summed E-state index contributed by atoms with van der Waals surface area (Å²) in [6.07, 6.45) is 2.53. The highest BCUT2D eigenvalue weighted by atomic mass is 19.1. The van der Waals surface area contributed by atoms with Gasteiger partial charge in [-0.1, -0.05) is 13.8 Å². The maximum Gasteiger partial charge on any atom is 0.340 e. The summed E-state index contributed by atoms with van der Waals surface area (Å²) in [5, 5.41) is 21.3. The minimum Gasteiger partial charge on any atom is -0.458 e. The van der Waals surface area contributed by atoms with Gasteiger partial charge in [0, 0.05) is 35.2 Å². The molecule has 0 bridgehead atoms. The maximum atomic E-state index is 14.5. The molecule has 0 saturated carbocycles. The van der Waals surface area contributed by atoms with Crippen molar-refractivity contribution in [2.75, 3.05) is 26.4 Å². The van der Waals surface area contributed by atoms with E-state index in [1.165, 1.54) is 17.3 Å². The number of pyridine rings is 2. The molecule has 8 N–H and O–H groups in total. The monoisotopic (exact) mass is 640 g/mol. The number of aliphatic hydroxyl groups is 2. The van der Waals surface area contributed by atoms with Gasteiger partial charge in [0.2, 0.25) is 5.91 Å². The number of nitrogens with zero attached hydrogens (tertiary/aromatic N) is 3. The smallest absolute Gasteiger partial charge is 0.340 e. The van der Waals surface area contributed by atoms with Gasteiger partial charge in [0.25, 0.3) is 5.56 Å². The third-order valence-electron chi connectivity index (χ3n) is 8.23. The van der Waals surface area contributed by atoms with E-state index in [4.69, 9.17) is 36.9 Å². The van der Waals surface area contributed by atoms with Crippen molar-refractivity contribution in [1.82, 2.24) is 14.6 Å². The molecule has 1 aromatic carbocycles. The first-order chi connectivity index (χ1) is 22.1. The van der Waals surface area contributed by atoms with Crippen molar-refractivity contribution in [2.24, 2.45) is 17.3 Å². The first-order valence-corrected chi connectivity index (χ1v) is 15.2. The summed E-state index contributed by atoms with van der Waals surface area (Å²) in [7, 11) is 0. The van der Waals surface area contributed by atoms with Crippen LogP contribution in [0.1, 0.15) is 66.2 Å². The van der Waals surface area contributed by atoms with Crippen molar-refractivity contribution in [3.8, 4) is 11.4 Å². The molecule has 1 unspecified atom stereocenters. The second-order valence-corrected chi connectivity index (χ2v) is 10.8. The standard InChI is InChI=1S/C22H17FN2O4.C8H18N4O3.C2H6/c1-9-10-3-2-4-11-13-7-25-17(19(13)24-16(18(10)11)6-15(9)23)5-12-14(21(25)27)8-29-22(28)20(12)26;9-5-7(6-13)12(11)2-4-15-3-1-8(10)14;1-2/h5-6,20,26H,2-4,7-8H2,1H3;5,13H,1-4,6,9,11H2,(H2,10,14);1-2H3/b;7-5-;. The number of ether oxygens (including phenoxy) is 2. The van der Waals surface area contributed by atoms with Crippen molar-refractivity contribution >= 4 is 22.8 Å². The second-order valence-electron chi connectivity index (χ2n) is 10.8. The fourth-order valence-corrected chi connectivity index (χ4v) is 5.88. The van der Waals surface area contributed by atoms with Gasteiger partial charge in [-0.3, -0.25) is 9.59 Å². The number of hydrazine groups is 1. The zero-order chi connectivity index (χ0) is 33.7. The molecule has 1 atom stereocenters. The van der Waals surface area contributed by atoms with Gasteiger partial charge in [0.05, 0.1) is 61.1 Å². The number of cyclic esters (lactones) is 1. The Morgan fingerprint density at radius 3 is 2.59 bits per heavy atom. The lowest BCUT2D eigenvalue weighted by molar-refractivity contribution is -0.157. The quantitative estimate of drug-likeness (QED) is 0.0803. The Kier molecular flexibility index (Phi) is 11.1. The number of amides is 1. The Labute approximate surface area is 265 Å². The molecule has 0 fully saturated rings. The number of primary amides is 1. The molecule has 4 heterocycles. The van der Waals surface area contributed by atoms with Gasteiger partial charge >= 0.3 is 5.97 Å². The lowest BCUT2D eigenvalue weighted by Crippen LogP contribution is -2.35.